The van der Waals surface area contributed by atoms with Gasteiger partial charge in [-0.3, -0.25) is 4.79 Å². The Morgan fingerprint density at radius 3 is 1.70 bits per heavy atom. The van der Waals surface area contributed by atoms with Gasteiger partial charge in [-0.2, -0.15) is 0 Å². The molecular formula is C19H38O4. The van der Waals surface area contributed by atoms with Gasteiger partial charge in [0, 0.05) is 6.42 Å². The molecule has 0 aliphatic rings. The first-order valence-corrected chi connectivity index (χ1v) is 9.54. The fourth-order valence-corrected chi connectivity index (χ4v) is 2.77. The zero-order valence-corrected chi connectivity index (χ0v) is 15.3. The molecule has 0 aromatic rings. The molecule has 0 fully saturated rings. The zero-order chi connectivity index (χ0) is 17.3. The van der Waals surface area contributed by atoms with E-state index in [0.717, 1.165) is 44.9 Å². The number of hydrogen-bond donors (Lipinski definition) is 2. The third-order valence-electron chi connectivity index (χ3n) is 4.41. The van der Waals surface area contributed by atoms with Crippen LogP contribution >= 0.6 is 0 Å². The number of unbranched alkanes of at least 4 members (excludes halogenated alkanes) is 9. The second-order valence-electron chi connectivity index (χ2n) is 6.57. The quantitative estimate of drug-likeness (QED) is 0.326. The molecule has 0 aromatic carbocycles. The van der Waals surface area contributed by atoms with Crippen LogP contribution in [0.5, 0.6) is 0 Å². The maximum atomic E-state index is 10.9. The van der Waals surface area contributed by atoms with Crippen LogP contribution in [0, 0.1) is 0 Å². The number of ether oxygens (including phenoxy) is 1. The van der Waals surface area contributed by atoms with Crippen molar-refractivity contribution < 1.29 is 19.7 Å². The summed E-state index contributed by atoms with van der Waals surface area (Å²) in [5.41, 5.74) is 0. The minimum Gasteiger partial charge on any atom is -0.469 e. The monoisotopic (exact) mass is 330 g/mol. The smallest absolute Gasteiger partial charge is 0.305 e. The summed E-state index contributed by atoms with van der Waals surface area (Å²) in [6.45, 7) is 2.21. The normalized spacial score (nSPS) is 13.7. The third-order valence-corrected chi connectivity index (χ3v) is 4.41. The molecule has 0 spiro atoms. The van der Waals surface area contributed by atoms with E-state index in [1.807, 2.05) is 0 Å². The lowest BCUT2D eigenvalue weighted by Gasteiger charge is -2.17. The molecule has 4 nitrogen and oxygen atoms in total. The third kappa shape index (κ3) is 14.7. The second-order valence-corrected chi connectivity index (χ2v) is 6.57. The van der Waals surface area contributed by atoms with E-state index in [9.17, 15) is 15.0 Å². The van der Waals surface area contributed by atoms with Gasteiger partial charge in [-0.15, -0.1) is 0 Å². The molecule has 0 rings (SSSR count). The summed E-state index contributed by atoms with van der Waals surface area (Å²) >= 11 is 0. The van der Waals surface area contributed by atoms with Crippen LogP contribution in [0.15, 0.2) is 0 Å². The molecule has 0 aliphatic carbocycles. The molecule has 0 aromatic heterocycles. The topological polar surface area (TPSA) is 66.8 Å². The largest absolute Gasteiger partial charge is 0.469 e. The first kappa shape index (κ1) is 22.4. The number of aliphatic hydroxyl groups excluding tert-OH is 2. The van der Waals surface area contributed by atoms with Crippen molar-refractivity contribution in [1.82, 2.24) is 0 Å². The molecule has 23 heavy (non-hydrogen) atoms. The van der Waals surface area contributed by atoms with Crippen LogP contribution in [0.3, 0.4) is 0 Å². The van der Waals surface area contributed by atoms with Crippen molar-refractivity contribution in [1.29, 1.82) is 0 Å². The minimum absolute atomic E-state index is 0.141. The SMILES string of the molecule is CCCCCCCC[C@@H](O)[C@H](O)CCCCCCCC(=O)OC. The first-order chi connectivity index (χ1) is 11.1. The molecular weight excluding hydrogens is 292 g/mol. The molecule has 0 amide bonds. The fourth-order valence-electron chi connectivity index (χ4n) is 2.77. The van der Waals surface area contributed by atoms with Crippen LogP contribution in [0.25, 0.3) is 0 Å². The minimum atomic E-state index is -0.583. The number of carbonyl (C=O) groups is 1. The van der Waals surface area contributed by atoms with Gasteiger partial charge < -0.3 is 14.9 Å². The van der Waals surface area contributed by atoms with E-state index in [-0.39, 0.29) is 5.97 Å². The number of esters is 1. The summed E-state index contributed by atoms with van der Waals surface area (Å²) in [7, 11) is 1.42. The first-order valence-electron chi connectivity index (χ1n) is 9.54. The second kappa shape index (κ2) is 16.3. The van der Waals surface area contributed by atoms with Crippen LogP contribution in [0.4, 0.5) is 0 Å². The van der Waals surface area contributed by atoms with Crippen molar-refractivity contribution in [3.8, 4) is 0 Å². The lowest BCUT2D eigenvalue weighted by atomic mass is 9.99. The Bertz CT molecular complexity index is 268. The molecule has 2 atom stereocenters. The highest BCUT2D eigenvalue weighted by Crippen LogP contribution is 2.15. The fraction of sp³-hybridized carbons (Fsp3) is 0.947. The summed E-state index contributed by atoms with van der Waals surface area (Å²) in [6.07, 6.45) is 12.9. The average Bonchev–Trinajstić information content (AvgIpc) is 2.56. The van der Waals surface area contributed by atoms with E-state index >= 15 is 0 Å². The number of carbonyl (C=O) groups excluding carboxylic acids is 1. The van der Waals surface area contributed by atoms with Gasteiger partial charge in [-0.25, -0.2) is 0 Å². The Kier molecular flexibility index (Phi) is 15.8. The predicted molar refractivity (Wildman–Crippen MR) is 94.3 cm³/mol. The summed E-state index contributed by atoms with van der Waals surface area (Å²) in [5.74, 6) is -0.141. The van der Waals surface area contributed by atoms with Gasteiger partial charge in [0.15, 0.2) is 0 Å². The van der Waals surface area contributed by atoms with Gasteiger partial charge in [0.2, 0.25) is 0 Å². The number of rotatable bonds is 16. The van der Waals surface area contributed by atoms with E-state index in [1.165, 1.54) is 32.8 Å². The van der Waals surface area contributed by atoms with Gasteiger partial charge in [-0.1, -0.05) is 71.1 Å². The van der Waals surface area contributed by atoms with Gasteiger partial charge in [0.1, 0.15) is 0 Å². The molecule has 4 heteroatoms. The number of methoxy groups -OCH3 is 1. The summed E-state index contributed by atoms with van der Waals surface area (Å²) in [4.78, 5) is 10.9. The van der Waals surface area contributed by atoms with Crippen molar-refractivity contribution in [2.24, 2.45) is 0 Å². The highest BCUT2D eigenvalue weighted by atomic mass is 16.5. The van der Waals surface area contributed by atoms with Crippen LogP contribution in [0.2, 0.25) is 0 Å². The zero-order valence-electron chi connectivity index (χ0n) is 15.3. The molecule has 0 aliphatic heterocycles. The van der Waals surface area contributed by atoms with Crippen molar-refractivity contribution in [2.45, 2.75) is 109 Å². The van der Waals surface area contributed by atoms with Gasteiger partial charge in [-0.05, 0) is 19.3 Å². The van der Waals surface area contributed by atoms with Crippen LogP contribution < -0.4 is 0 Å². The lowest BCUT2D eigenvalue weighted by molar-refractivity contribution is -0.140. The van der Waals surface area contributed by atoms with Crippen LogP contribution in [-0.4, -0.2) is 35.5 Å². The van der Waals surface area contributed by atoms with Crippen LogP contribution in [-0.2, 0) is 9.53 Å². The Hall–Kier alpha value is -0.610. The molecule has 0 unspecified atom stereocenters. The summed E-state index contributed by atoms with van der Waals surface area (Å²) < 4.78 is 4.60. The van der Waals surface area contributed by atoms with E-state index in [0.29, 0.717) is 19.3 Å². The molecule has 0 bridgehead atoms. The van der Waals surface area contributed by atoms with E-state index < -0.39 is 12.2 Å². The molecule has 0 saturated carbocycles. The maximum absolute atomic E-state index is 10.9. The van der Waals surface area contributed by atoms with Crippen LogP contribution in [0.1, 0.15) is 96.8 Å². The van der Waals surface area contributed by atoms with Crippen molar-refractivity contribution in [2.75, 3.05) is 7.11 Å². The number of hydrogen-bond acceptors (Lipinski definition) is 4. The van der Waals surface area contributed by atoms with Crippen molar-refractivity contribution >= 4 is 5.97 Å². The highest BCUT2D eigenvalue weighted by molar-refractivity contribution is 5.68. The molecule has 138 valence electrons. The molecule has 0 saturated heterocycles. The molecule has 2 N–H and O–H groups in total. The van der Waals surface area contributed by atoms with Crippen molar-refractivity contribution in [3.63, 3.8) is 0 Å². The molecule has 0 heterocycles. The lowest BCUT2D eigenvalue weighted by Crippen LogP contribution is -2.25. The van der Waals surface area contributed by atoms with E-state index in [4.69, 9.17) is 0 Å². The average molecular weight is 331 g/mol. The standard InChI is InChI=1S/C19H38O4/c1-3-4-5-6-8-11-14-17(20)18(21)15-12-9-7-10-13-16-19(22)23-2/h17-18,20-21H,3-16H2,1-2H3/t17-,18-/m1/s1. The molecule has 0 radical (unpaired) electrons. The number of aliphatic hydroxyl groups is 2. The predicted octanol–water partition coefficient (Wildman–Crippen LogP) is 4.36. The van der Waals surface area contributed by atoms with Gasteiger partial charge in [0.25, 0.3) is 0 Å². The van der Waals surface area contributed by atoms with E-state index in [2.05, 4.69) is 11.7 Å². The van der Waals surface area contributed by atoms with Crippen molar-refractivity contribution in [3.05, 3.63) is 0 Å². The van der Waals surface area contributed by atoms with Gasteiger partial charge in [0.05, 0.1) is 19.3 Å². The highest BCUT2D eigenvalue weighted by Gasteiger charge is 2.15. The van der Waals surface area contributed by atoms with Gasteiger partial charge >= 0.3 is 5.97 Å². The Labute approximate surface area is 142 Å². The summed E-state index contributed by atoms with van der Waals surface area (Å²) in [6, 6.07) is 0. The Morgan fingerprint density at radius 2 is 1.22 bits per heavy atom. The summed E-state index contributed by atoms with van der Waals surface area (Å²) in [5, 5.41) is 19.9. The van der Waals surface area contributed by atoms with E-state index in [1.54, 1.807) is 0 Å². The maximum Gasteiger partial charge on any atom is 0.305 e. The Morgan fingerprint density at radius 1 is 0.783 bits per heavy atom. The Balaban J connectivity index is 3.40.